The van der Waals surface area contributed by atoms with Crippen molar-refractivity contribution in [3.8, 4) is 0 Å². The summed E-state index contributed by atoms with van der Waals surface area (Å²) in [5.41, 5.74) is 4.34. The molecule has 139 valence electrons. The van der Waals surface area contributed by atoms with Gasteiger partial charge in [-0.3, -0.25) is 9.69 Å². The maximum Gasteiger partial charge on any atom is 0.312 e. The average molecular weight is 445 g/mol. The summed E-state index contributed by atoms with van der Waals surface area (Å²) in [6, 6.07) is 28.2. The summed E-state index contributed by atoms with van der Waals surface area (Å²) < 4.78 is 0. The van der Waals surface area contributed by atoms with E-state index in [1.165, 1.54) is 11.1 Å². The molecule has 0 spiro atoms. The van der Waals surface area contributed by atoms with Crippen molar-refractivity contribution in [2.75, 3.05) is 6.54 Å². The van der Waals surface area contributed by atoms with E-state index in [-0.39, 0.29) is 58.2 Å². The predicted octanol–water partition coefficient (Wildman–Crippen LogP) is 4.48. The topological polar surface area (TPSA) is 40.5 Å². The Morgan fingerprint density at radius 3 is 1.71 bits per heavy atom. The Labute approximate surface area is 216 Å². The van der Waals surface area contributed by atoms with E-state index in [9.17, 15) is 9.90 Å². The second-order valence-corrected chi connectivity index (χ2v) is 6.94. The van der Waals surface area contributed by atoms with E-state index in [0.29, 0.717) is 19.6 Å². The number of carboxylic acids is 1. The van der Waals surface area contributed by atoms with Gasteiger partial charge in [-0.15, -0.1) is 0 Å². The third kappa shape index (κ3) is 7.05. The Hall–Kier alpha value is -1.10. The number of rotatable bonds is 8. The van der Waals surface area contributed by atoms with Gasteiger partial charge in [0.2, 0.25) is 0 Å². The van der Waals surface area contributed by atoms with Crippen LogP contribution in [0.2, 0.25) is 0 Å². The molecule has 0 aromatic heterocycles. The van der Waals surface area contributed by atoms with Gasteiger partial charge in [-0.2, -0.15) is 0 Å². The van der Waals surface area contributed by atoms with Crippen LogP contribution in [0.5, 0.6) is 0 Å². The van der Waals surface area contributed by atoms with E-state index in [0.717, 1.165) is 11.1 Å². The SMILES string of the molecule is Cc1ccc(C(CN(Cc2ccccc2)Cc2ccccc2)C(=O)O)cc1.[Rb]. The fourth-order valence-electron chi connectivity index (χ4n) is 3.25. The van der Waals surface area contributed by atoms with Gasteiger partial charge in [-0.05, 0) is 23.6 Å². The zero-order chi connectivity index (χ0) is 19.1. The monoisotopic (exact) mass is 444 g/mol. The fourth-order valence-corrected chi connectivity index (χ4v) is 3.25. The number of hydrogen-bond donors (Lipinski definition) is 1. The third-order valence-electron chi connectivity index (χ3n) is 4.72. The number of benzene rings is 3. The van der Waals surface area contributed by atoms with E-state index in [1.54, 1.807) is 0 Å². The Bertz CT molecular complexity index is 809. The number of aryl methyl sites for hydroxylation is 1. The largest absolute Gasteiger partial charge is 0.481 e. The van der Waals surface area contributed by atoms with Crippen molar-refractivity contribution in [1.82, 2.24) is 4.90 Å². The molecular formula is C24H25NO2Rb. The first kappa shape index (κ1) is 23.2. The molecule has 1 radical (unpaired) electrons. The molecule has 1 N–H and O–H groups in total. The van der Waals surface area contributed by atoms with E-state index in [2.05, 4.69) is 29.2 Å². The number of carboxylic acid groups (broad SMARTS) is 1. The van der Waals surface area contributed by atoms with Crippen molar-refractivity contribution >= 4 is 64.2 Å². The van der Waals surface area contributed by atoms with Crippen molar-refractivity contribution in [2.24, 2.45) is 0 Å². The summed E-state index contributed by atoms with van der Waals surface area (Å²) in [5, 5.41) is 9.85. The first-order valence-electron chi connectivity index (χ1n) is 9.21. The van der Waals surface area contributed by atoms with Gasteiger partial charge in [0.15, 0.2) is 0 Å². The minimum Gasteiger partial charge on any atom is -0.481 e. The zero-order valence-electron chi connectivity index (χ0n) is 16.6. The molecule has 3 aromatic carbocycles. The number of nitrogens with zero attached hydrogens (tertiary/aromatic N) is 1. The third-order valence-corrected chi connectivity index (χ3v) is 4.72. The molecule has 0 saturated heterocycles. The Morgan fingerprint density at radius 1 is 0.821 bits per heavy atom. The van der Waals surface area contributed by atoms with E-state index >= 15 is 0 Å². The smallest absolute Gasteiger partial charge is 0.312 e. The number of hydrogen-bond acceptors (Lipinski definition) is 2. The molecule has 3 aromatic rings. The molecule has 0 aliphatic rings. The molecule has 3 rings (SSSR count). The second-order valence-electron chi connectivity index (χ2n) is 6.94. The van der Waals surface area contributed by atoms with Crippen LogP contribution in [-0.4, -0.2) is 80.7 Å². The van der Waals surface area contributed by atoms with Crippen molar-refractivity contribution in [1.29, 1.82) is 0 Å². The van der Waals surface area contributed by atoms with Gasteiger partial charge in [-0.1, -0.05) is 90.5 Å². The van der Waals surface area contributed by atoms with Gasteiger partial charge >= 0.3 is 5.97 Å². The Balaban J connectivity index is 0.00000280. The van der Waals surface area contributed by atoms with Crippen LogP contribution in [0.3, 0.4) is 0 Å². The molecule has 0 saturated carbocycles. The molecule has 0 heterocycles. The van der Waals surface area contributed by atoms with Gasteiger partial charge in [0.25, 0.3) is 0 Å². The molecule has 1 unspecified atom stereocenters. The summed E-state index contributed by atoms with van der Waals surface area (Å²) in [4.78, 5) is 14.2. The molecule has 0 amide bonds. The van der Waals surface area contributed by atoms with Crippen LogP contribution in [0.4, 0.5) is 0 Å². The van der Waals surface area contributed by atoms with Gasteiger partial charge in [0.05, 0.1) is 5.92 Å². The average Bonchev–Trinajstić information content (AvgIpc) is 2.68. The first-order chi connectivity index (χ1) is 13.1. The molecule has 0 aliphatic carbocycles. The molecule has 0 fully saturated rings. The van der Waals surface area contributed by atoms with Crippen LogP contribution in [0.15, 0.2) is 84.9 Å². The standard InChI is InChI=1S/C24H25NO2.Rb/c1-19-12-14-22(15-13-19)23(24(26)27)18-25(16-20-8-4-2-5-9-20)17-21-10-6-3-7-11-21;/h2-15,23H,16-18H2,1H3,(H,26,27);. The quantitative estimate of drug-likeness (QED) is 0.556. The maximum absolute atomic E-state index is 12.0. The normalized spacial score (nSPS) is 11.6. The zero-order valence-corrected chi connectivity index (χ0v) is 21.5. The van der Waals surface area contributed by atoms with E-state index in [1.807, 2.05) is 67.6 Å². The molecule has 28 heavy (non-hydrogen) atoms. The van der Waals surface area contributed by atoms with E-state index in [4.69, 9.17) is 0 Å². The predicted molar refractivity (Wildman–Crippen MR) is 114 cm³/mol. The van der Waals surface area contributed by atoms with Crippen LogP contribution < -0.4 is 0 Å². The number of carbonyl (C=O) groups is 1. The van der Waals surface area contributed by atoms with Crippen molar-refractivity contribution in [3.63, 3.8) is 0 Å². The summed E-state index contributed by atoms with van der Waals surface area (Å²) in [6.07, 6.45) is 0. The fraction of sp³-hybridized carbons (Fsp3) is 0.208. The van der Waals surface area contributed by atoms with Gasteiger partial charge in [0, 0.05) is 77.8 Å². The summed E-state index contributed by atoms with van der Waals surface area (Å²) in [6.45, 7) is 3.90. The van der Waals surface area contributed by atoms with Gasteiger partial charge in [0.1, 0.15) is 0 Å². The van der Waals surface area contributed by atoms with Crippen LogP contribution >= 0.6 is 0 Å². The van der Waals surface area contributed by atoms with Crippen LogP contribution in [0.1, 0.15) is 28.2 Å². The second kappa shape index (κ2) is 11.8. The molecule has 4 heteroatoms. The minimum atomic E-state index is -0.787. The van der Waals surface area contributed by atoms with E-state index < -0.39 is 11.9 Å². The van der Waals surface area contributed by atoms with Crippen molar-refractivity contribution < 1.29 is 9.90 Å². The van der Waals surface area contributed by atoms with Crippen LogP contribution in [0, 0.1) is 6.92 Å². The molecule has 0 bridgehead atoms. The van der Waals surface area contributed by atoms with Crippen molar-refractivity contribution in [2.45, 2.75) is 25.9 Å². The summed E-state index contributed by atoms with van der Waals surface area (Å²) in [7, 11) is 0. The van der Waals surface area contributed by atoms with Gasteiger partial charge in [-0.25, -0.2) is 0 Å². The van der Waals surface area contributed by atoms with Gasteiger partial charge < -0.3 is 5.11 Å². The summed E-state index contributed by atoms with van der Waals surface area (Å²) in [5.74, 6) is -1.34. The molecular weight excluding hydrogens is 420 g/mol. The molecule has 1 atom stereocenters. The molecule has 3 nitrogen and oxygen atoms in total. The van der Waals surface area contributed by atoms with Crippen LogP contribution in [-0.2, 0) is 17.9 Å². The Kier molecular flexibility index (Phi) is 9.76. The number of aliphatic carboxylic acids is 1. The van der Waals surface area contributed by atoms with Crippen molar-refractivity contribution in [3.05, 3.63) is 107 Å². The maximum atomic E-state index is 12.0. The Morgan fingerprint density at radius 2 is 1.29 bits per heavy atom. The van der Waals surface area contributed by atoms with Crippen LogP contribution in [0.25, 0.3) is 0 Å². The minimum absolute atomic E-state index is 0. The first-order valence-corrected chi connectivity index (χ1v) is 9.21. The molecule has 0 aliphatic heterocycles. The summed E-state index contributed by atoms with van der Waals surface area (Å²) >= 11 is 0.